The second-order valence-electron chi connectivity index (χ2n) is 7.27. The molecule has 3 N–H and O–H groups in total. The molecule has 0 spiro atoms. The van der Waals surface area contributed by atoms with Crippen LogP contribution in [0.4, 0.5) is 0 Å². The lowest BCUT2D eigenvalue weighted by Crippen LogP contribution is -2.53. The van der Waals surface area contributed by atoms with Gasteiger partial charge < -0.3 is 15.6 Å². The van der Waals surface area contributed by atoms with Gasteiger partial charge in [0.1, 0.15) is 0 Å². The minimum absolute atomic E-state index is 0.172. The van der Waals surface area contributed by atoms with Gasteiger partial charge in [0.15, 0.2) is 11.5 Å². The minimum atomic E-state index is -0.172. The van der Waals surface area contributed by atoms with Crippen LogP contribution in [0.15, 0.2) is 34.9 Å². The van der Waals surface area contributed by atoms with Crippen molar-refractivity contribution in [3.63, 3.8) is 0 Å². The van der Waals surface area contributed by atoms with Crippen LogP contribution in [0.25, 0.3) is 11.3 Å². The van der Waals surface area contributed by atoms with E-state index in [2.05, 4.69) is 10.5 Å². The van der Waals surface area contributed by atoms with Crippen molar-refractivity contribution in [3.05, 3.63) is 41.0 Å². The van der Waals surface area contributed by atoms with Crippen molar-refractivity contribution in [2.75, 3.05) is 0 Å². The lowest BCUT2D eigenvalue weighted by Gasteiger charge is -2.45. The number of fused-ring (bicyclic) bond motifs is 2. The highest BCUT2D eigenvalue weighted by Crippen LogP contribution is 2.39. The molecule has 2 aliphatic carbocycles. The molecule has 2 aromatic rings. The number of nitrogens with zero attached hydrogens (tertiary/aromatic N) is 1. The Bertz CT molecular complexity index is 762. The summed E-state index contributed by atoms with van der Waals surface area (Å²) in [4.78, 5) is 12.6. The summed E-state index contributed by atoms with van der Waals surface area (Å²) in [6.45, 7) is 0. The average Bonchev–Trinajstić information content (AvgIpc) is 3.06. The molecule has 2 fully saturated rings. The maximum absolute atomic E-state index is 12.6. The second-order valence-corrected chi connectivity index (χ2v) is 7.70. The highest BCUT2D eigenvalue weighted by atomic mass is 35.5. The fourth-order valence-corrected chi connectivity index (χ4v) is 4.60. The molecule has 132 valence electrons. The van der Waals surface area contributed by atoms with Crippen LogP contribution >= 0.6 is 11.6 Å². The topological polar surface area (TPSA) is 81.1 Å². The van der Waals surface area contributed by atoms with E-state index < -0.39 is 0 Å². The van der Waals surface area contributed by atoms with Gasteiger partial charge in [-0.1, -0.05) is 35.3 Å². The molecular weight excluding hydrogens is 338 g/mol. The number of carbonyl (C=O) groups excluding carboxylic acids is 1. The lowest BCUT2D eigenvalue weighted by atomic mass is 9.67. The minimum Gasteiger partial charge on any atom is -0.355 e. The van der Waals surface area contributed by atoms with Gasteiger partial charge in [-0.3, -0.25) is 4.79 Å². The first-order valence-corrected chi connectivity index (χ1v) is 9.27. The SMILES string of the molecule is NC1CC2CCCC(C1)C2NC(=O)c1cc(-c2cccc(Cl)c2)on1. The summed E-state index contributed by atoms with van der Waals surface area (Å²) in [5, 5.41) is 7.75. The Morgan fingerprint density at radius 1 is 1.24 bits per heavy atom. The number of hydrogen-bond acceptors (Lipinski definition) is 4. The summed E-state index contributed by atoms with van der Waals surface area (Å²) >= 11 is 6.01. The van der Waals surface area contributed by atoms with Crippen LogP contribution in [0.5, 0.6) is 0 Å². The van der Waals surface area contributed by atoms with E-state index in [0.29, 0.717) is 28.3 Å². The average molecular weight is 360 g/mol. The molecule has 2 bridgehead atoms. The Hall–Kier alpha value is -1.85. The van der Waals surface area contributed by atoms with Gasteiger partial charge in [0.2, 0.25) is 0 Å². The van der Waals surface area contributed by atoms with Gasteiger partial charge in [0.05, 0.1) is 0 Å². The molecule has 0 aliphatic heterocycles. The van der Waals surface area contributed by atoms with Crippen molar-refractivity contribution < 1.29 is 9.32 Å². The third-order valence-electron chi connectivity index (χ3n) is 5.53. The molecule has 4 rings (SSSR count). The zero-order chi connectivity index (χ0) is 17.4. The smallest absolute Gasteiger partial charge is 0.273 e. The largest absolute Gasteiger partial charge is 0.355 e. The van der Waals surface area contributed by atoms with Crippen molar-refractivity contribution >= 4 is 17.5 Å². The van der Waals surface area contributed by atoms with Crippen LogP contribution in [-0.4, -0.2) is 23.1 Å². The molecule has 1 aromatic carbocycles. The molecule has 1 amide bonds. The quantitative estimate of drug-likeness (QED) is 0.876. The molecule has 2 saturated carbocycles. The zero-order valence-corrected chi connectivity index (χ0v) is 14.7. The van der Waals surface area contributed by atoms with E-state index in [1.807, 2.05) is 12.1 Å². The summed E-state index contributed by atoms with van der Waals surface area (Å²) in [6.07, 6.45) is 5.50. The van der Waals surface area contributed by atoms with Gasteiger partial charge in [-0.25, -0.2) is 0 Å². The highest BCUT2D eigenvalue weighted by Gasteiger charge is 2.40. The number of hydrogen-bond donors (Lipinski definition) is 2. The van der Waals surface area contributed by atoms with E-state index in [0.717, 1.165) is 31.2 Å². The van der Waals surface area contributed by atoms with Crippen molar-refractivity contribution in [2.24, 2.45) is 17.6 Å². The number of benzene rings is 1. The molecule has 5 nitrogen and oxygen atoms in total. The molecule has 2 aliphatic rings. The van der Waals surface area contributed by atoms with Crippen molar-refractivity contribution in [1.29, 1.82) is 0 Å². The predicted octanol–water partition coefficient (Wildman–Crippen LogP) is 3.63. The summed E-state index contributed by atoms with van der Waals surface area (Å²) in [7, 11) is 0. The molecule has 1 aromatic heterocycles. The van der Waals surface area contributed by atoms with Crippen molar-refractivity contribution in [3.8, 4) is 11.3 Å². The first-order valence-electron chi connectivity index (χ1n) is 8.89. The maximum Gasteiger partial charge on any atom is 0.273 e. The van der Waals surface area contributed by atoms with E-state index in [9.17, 15) is 4.79 Å². The number of nitrogens with two attached hydrogens (primary N) is 1. The first-order chi connectivity index (χ1) is 12.1. The molecule has 2 atom stereocenters. The summed E-state index contributed by atoms with van der Waals surface area (Å²) in [5.41, 5.74) is 7.27. The monoisotopic (exact) mass is 359 g/mol. The normalized spacial score (nSPS) is 28.6. The van der Waals surface area contributed by atoms with E-state index in [-0.39, 0.29) is 18.0 Å². The van der Waals surface area contributed by atoms with E-state index in [1.165, 1.54) is 6.42 Å². The zero-order valence-electron chi connectivity index (χ0n) is 14.0. The van der Waals surface area contributed by atoms with Gasteiger partial charge in [-0.2, -0.15) is 0 Å². The van der Waals surface area contributed by atoms with Crippen molar-refractivity contribution in [1.82, 2.24) is 10.5 Å². The Balaban J connectivity index is 1.49. The summed E-state index contributed by atoms with van der Waals surface area (Å²) in [6, 6.07) is 9.44. The third kappa shape index (κ3) is 3.44. The number of nitrogens with one attached hydrogen (secondary N) is 1. The molecular formula is C19H22ClN3O2. The van der Waals surface area contributed by atoms with Gasteiger partial charge in [-0.15, -0.1) is 0 Å². The van der Waals surface area contributed by atoms with Gasteiger partial charge in [0.25, 0.3) is 5.91 Å². The molecule has 6 heteroatoms. The second kappa shape index (κ2) is 6.81. The standard InChI is InChI=1S/C19H22ClN3O2/c20-14-6-2-3-11(7-14)17-10-16(23-25-17)19(24)22-18-12-4-1-5-13(18)9-15(21)8-12/h2-3,6-7,10,12-13,15,18H,1,4-5,8-9,21H2,(H,22,24). The van der Waals surface area contributed by atoms with Gasteiger partial charge in [0, 0.05) is 28.7 Å². The Morgan fingerprint density at radius 3 is 2.72 bits per heavy atom. The molecule has 25 heavy (non-hydrogen) atoms. The Morgan fingerprint density at radius 2 is 2.00 bits per heavy atom. The van der Waals surface area contributed by atoms with Crippen molar-refractivity contribution in [2.45, 2.75) is 44.2 Å². The fourth-order valence-electron chi connectivity index (χ4n) is 4.41. The lowest BCUT2D eigenvalue weighted by molar-refractivity contribution is 0.0748. The number of aromatic nitrogens is 1. The van der Waals surface area contributed by atoms with E-state index >= 15 is 0 Å². The first kappa shape index (κ1) is 16.6. The number of halogens is 1. The third-order valence-corrected chi connectivity index (χ3v) is 5.76. The van der Waals surface area contributed by atoms with Crippen LogP contribution in [0, 0.1) is 11.8 Å². The molecule has 1 heterocycles. The van der Waals surface area contributed by atoms with Crippen LogP contribution in [0.2, 0.25) is 5.02 Å². The molecule has 2 unspecified atom stereocenters. The van der Waals surface area contributed by atoms with E-state index in [4.69, 9.17) is 21.9 Å². The number of amides is 1. The molecule has 0 saturated heterocycles. The van der Waals surface area contributed by atoms with Crippen LogP contribution in [0.1, 0.15) is 42.6 Å². The Kier molecular flexibility index (Phi) is 4.52. The predicted molar refractivity (Wildman–Crippen MR) is 96.2 cm³/mol. The number of carbonyl (C=O) groups is 1. The molecule has 0 radical (unpaired) electrons. The van der Waals surface area contributed by atoms with Gasteiger partial charge in [-0.05, 0) is 49.7 Å². The highest BCUT2D eigenvalue weighted by molar-refractivity contribution is 6.30. The van der Waals surface area contributed by atoms with Gasteiger partial charge >= 0.3 is 0 Å². The van der Waals surface area contributed by atoms with E-state index in [1.54, 1.807) is 18.2 Å². The maximum atomic E-state index is 12.6. The summed E-state index contributed by atoms with van der Waals surface area (Å²) < 4.78 is 5.34. The Labute approximate surface area is 151 Å². The van der Waals surface area contributed by atoms with Crippen LogP contribution in [0.3, 0.4) is 0 Å². The summed E-state index contributed by atoms with van der Waals surface area (Å²) in [5.74, 6) is 1.32. The van der Waals surface area contributed by atoms with Crippen LogP contribution in [-0.2, 0) is 0 Å². The number of rotatable bonds is 3. The fraction of sp³-hybridized carbons (Fsp3) is 0.474. The van der Waals surface area contributed by atoms with Crippen LogP contribution < -0.4 is 11.1 Å².